The minimum absolute atomic E-state index is 0.866. The first-order valence-electron chi connectivity index (χ1n) is 6.20. The molecule has 0 aromatic heterocycles. The van der Waals surface area contributed by atoms with Gasteiger partial charge < -0.3 is 10.6 Å². The van der Waals surface area contributed by atoms with Crippen molar-refractivity contribution in [3.8, 4) is 0 Å². The Labute approximate surface area is 109 Å². The number of rotatable bonds is 3. The molecule has 0 aliphatic heterocycles. The van der Waals surface area contributed by atoms with Gasteiger partial charge in [-0.3, -0.25) is 0 Å². The van der Waals surface area contributed by atoms with E-state index >= 15 is 0 Å². The van der Waals surface area contributed by atoms with Crippen molar-refractivity contribution in [2.24, 2.45) is 0 Å². The van der Waals surface area contributed by atoms with Crippen LogP contribution in [-0.2, 0) is 6.54 Å². The summed E-state index contributed by atoms with van der Waals surface area (Å²) >= 11 is 0. The predicted octanol–water partition coefficient (Wildman–Crippen LogP) is 3.52. The fraction of sp³-hybridized carbons (Fsp3) is 0.250. The third-order valence-electron chi connectivity index (χ3n) is 3.42. The second-order valence-electron chi connectivity index (χ2n) is 4.77. The van der Waals surface area contributed by atoms with E-state index in [0.717, 1.165) is 12.2 Å². The second-order valence-corrected chi connectivity index (χ2v) is 4.77. The van der Waals surface area contributed by atoms with Gasteiger partial charge in [-0.05, 0) is 42.7 Å². The lowest BCUT2D eigenvalue weighted by molar-refractivity contribution is 0.910. The van der Waals surface area contributed by atoms with Crippen molar-refractivity contribution >= 4 is 11.4 Å². The number of benzene rings is 2. The average molecular weight is 240 g/mol. The molecule has 0 saturated carbocycles. The van der Waals surface area contributed by atoms with Crippen molar-refractivity contribution in [2.75, 3.05) is 17.7 Å². The van der Waals surface area contributed by atoms with Gasteiger partial charge in [0.2, 0.25) is 0 Å². The second kappa shape index (κ2) is 5.13. The van der Waals surface area contributed by atoms with Gasteiger partial charge in [-0.2, -0.15) is 0 Å². The fourth-order valence-corrected chi connectivity index (χ4v) is 2.21. The summed E-state index contributed by atoms with van der Waals surface area (Å²) in [7, 11) is 2.12. The van der Waals surface area contributed by atoms with E-state index in [4.69, 9.17) is 5.73 Å². The number of para-hydroxylation sites is 1. The lowest BCUT2D eigenvalue weighted by atomic mass is 10.1. The molecule has 2 rings (SSSR count). The Morgan fingerprint density at radius 2 is 1.72 bits per heavy atom. The molecule has 0 heterocycles. The molecule has 2 heteroatoms. The van der Waals surface area contributed by atoms with Gasteiger partial charge in [0.05, 0.1) is 0 Å². The SMILES string of the molecule is Cc1ccccc1N(C)Cc1cccc(N)c1C. The zero-order chi connectivity index (χ0) is 13.1. The van der Waals surface area contributed by atoms with Crippen LogP contribution in [0.3, 0.4) is 0 Å². The van der Waals surface area contributed by atoms with Gasteiger partial charge in [-0.15, -0.1) is 0 Å². The first-order chi connectivity index (χ1) is 8.59. The molecule has 0 radical (unpaired) electrons. The number of nitrogens with zero attached hydrogens (tertiary/aromatic N) is 1. The Morgan fingerprint density at radius 1 is 1.00 bits per heavy atom. The molecule has 0 fully saturated rings. The van der Waals surface area contributed by atoms with E-state index in [2.05, 4.69) is 56.1 Å². The molecule has 0 amide bonds. The van der Waals surface area contributed by atoms with E-state index < -0.39 is 0 Å². The van der Waals surface area contributed by atoms with E-state index in [0.29, 0.717) is 0 Å². The molecule has 2 aromatic carbocycles. The Bertz CT molecular complexity index is 547. The van der Waals surface area contributed by atoms with Gasteiger partial charge in [0.15, 0.2) is 0 Å². The monoisotopic (exact) mass is 240 g/mol. The maximum Gasteiger partial charge on any atom is 0.0429 e. The number of anilines is 2. The molecule has 0 spiro atoms. The Balaban J connectivity index is 2.24. The fourth-order valence-electron chi connectivity index (χ4n) is 2.21. The Kier molecular flexibility index (Phi) is 3.56. The van der Waals surface area contributed by atoms with Crippen LogP contribution < -0.4 is 10.6 Å². The minimum Gasteiger partial charge on any atom is -0.399 e. The largest absolute Gasteiger partial charge is 0.399 e. The highest BCUT2D eigenvalue weighted by Gasteiger charge is 2.07. The molecule has 18 heavy (non-hydrogen) atoms. The minimum atomic E-state index is 0.866. The first kappa shape index (κ1) is 12.5. The van der Waals surface area contributed by atoms with Crippen LogP contribution >= 0.6 is 0 Å². The van der Waals surface area contributed by atoms with Crippen LogP contribution in [0.4, 0.5) is 11.4 Å². The van der Waals surface area contributed by atoms with Crippen LogP contribution in [0.15, 0.2) is 42.5 Å². The molecule has 0 bridgehead atoms. The zero-order valence-electron chi connectivity index (χ0n) is 11.3. The Morgan fingerprint density at radius 3 is 2.44 bits per heavy atom. The molecule has 0 saturated heterocycles. The van der Waals surface area contributed by atoms with E-state index in [9.17, 15) is 0 Å². The van der Waals surface area contributed by atoms with Gasteiger partial charge in [-0.1, -0.05) is 30.3 Å². The summed E-state index contributed by atoms with van der Waals surface area (Å²) in [6.45, 7) is 5.09. The van der Waals surface area contributed by atoms with Crippen molar-refractivity contribution in [3.63, 3.8) is 0 Å². The summed E-state index contributed by atoms with van der Waals surface area (Å²) in [5.41, 5.74) is 11.8. The van der Waals surface area contributed by atoms with Gasteiger partial charge in [0.25, 0.3) is 0 Å². The highest BCUT2D eigenvalue weighted by molar-refractivity contribution is 5.55. The van der Waals surface area contributed by atoms with Gasteiger partial charge in [0.1, 0.15) is 0 Å². The van der Waals surface area contributed by atoms with E-state index in [-0.39, 0.29) is 0 Å². The molecule has 2 nitrogen and oxygen atoms in total. The van der Waals surface area contributed by atoms with E-state index in [1.165, 1.54) is 22.4 Å². The van der Waals surface area contributed by atoms with Crippen LogP contribution in [-0.4, -0.2) is 7.05 Å². The summed E-state index contributed by atoms with van der Waals surface area (Å²) in [6, 6.07) is 14.5. The highest BCUT2D eigenvalue weighted by atomic mass is 15.1. The maximum atomic E-state index is 5.95. The highest BCUT2D eigenvalue weighted by Crippen LogP contribution is 2.22. The molecule has 0 aliphatic carbocycles. The predicted molar refractivity (Wildman–Crippen MR) is 78.9 cm³/mol. The summed E-state index contributed by atoms with van der Waals surface area (Å²) in [6.07, 6.45) is 0. The van der Waals surface area contributed by atoms with Gasteiger partial charge >= 0.3 is 0 Å². The van der Waals surface area contributed by atoms with E-state index in [1.807, 2.05) is 12.1 Å². The lowest BCUT2D eigenvalue weighted by Crippen LogP contribution is -2.18. The van der Waals surface area contributed by atoms with Crippen LogP contribution in [0.2, 0.25) is 0 Å². The number of hydrogen-bond acceptors (Lipinski definition) is 2. The van der Waals surface area contributed by atoms with E-state index in [1.54, 1.807) is 0 Å². The van der Waals surface area contributed by atoms with Gasteiger partial charge in [-0.25, -0.2) is 0 Å². The number of hydrogen-bond donors (Lipinski definition) is 1. The molecule has 0 aliphatic rings. The summed E-state index contributed by atoms with van der Waals surface area (Å²) < 4.78 is 0. The van der Waals surface area contributed by atoms with Crippen molar-refractivity contribution in [1.82, 2.24) is 0 Å². The molecule has 2 aromatic rings. The molecule has 0 atom stereocenters. The standard InChI is InChI=1S/C16H20N2/c1-12-7-4-5-10-16(12)18(3)11-14-8-6-9-15(17)13(14)2/h4-10H,11,17H2,1-3H3. The third-order valence-corrected chi connectivity index (χ3v) is 3.42. The van der Waals surface area contributed by atoms with Crippen LogP contribution in [0.25, 0.3) is 0 Å². The zero-order valence-corrected chi connectivity index (χ0v) is 11.3. The molecule has 94 valence electrons. The maximum absolute atomic E-state index is 5.95. The molecular weight excluding hydrogens is 220 g/mol. The summed E-state index contributed by atoms with van der Waals surface area (Å²) in [5.74, 6) is 0. The van der Waals surface area contributed by atoms with Crippen molar-refractivity contribution < 1.29 is 0 Å². The third kappa shape index (κ3) is 2.48. The average Bonchev–Trinajstić information content (AvgIpc) is 2.35. The van der Waals surface area contributed by atoms with Crippen LogP contribution in [0, 0.1) is 13.8 Å². The normalized spacial score (nSPS) is 10.4. The van der Waals surface area contributed by atoms with Crippen molar-refractivity contribution in [2.45, 2.75) is 20.4 Å². The van der Waals surface area contributed by atoms with Crippen LogP contribution in [0.1, 0.15) is 16.7 Å². The topological polar surface area (TPSA) is 29.3 Å². The molecule has 0 unspecified atom stereocenters. The lowest BCUT2D eigenvalue weighted by Gasteiger charge is -2.22. The Hall–Kier alpha value is -1.96. The number of aryl methyl sites for hydroxylation is 1. The number of nitrogens with two attached hydrogens (primary N) is 1. The summed E-state index contributed by atoms with van der Waals surface area (Å²) in [5, 5.41) is 0. The molecule has 2 N–H and O–H groups in total. The van der Waals surface area contributed by atoms with Crippen LogP contribution in [0.5, 0.6) is 0 Å². The number of nitrogen functional groups attached to an aromatic ring is 1. The van der Waals surface area contributed by atoms with Crippen molar-refractivity contribution in [3.05, 3.63) is 59.2 Å². The molecular formula is C16H20N2. The van der Waals surface area contributed by atoms with Crippen molar-refractivity contribution in [1.29, 1.82) is 0 Å². The quantitative estimate of drug-likeness (QED) is 0.832. The first-order valence-corrected chi connectivity index (χ1v) is 6.20. The smallest absolute Gasteiger partial charge is 0.0429 e. The summed E-state index contributed by atoms with van der Waals surface area (Å²) in [4.78, 5) is 2.26. The van der Waals surface area contributed by atoms with Gasteiger partial charge in [0, 0.05) is 25.0 Å².